The van der Waals surface area contributed by atoms with Crippen LogP contribution in [0.3, 0.4) is 0 Å². The fourth-order valence-electron chi connectivity index (χ4n) is 5.91. The van der Waals surface area contributed by atoms with Crippen molar-refractivity contribution in [2.75, 3.05) is 32.7 Å². The van der Waals surface area contributed by atoms with Gasteiger partial charge in [0.1, 0.15) is 5.70 Å². The molecule has 1 fully saturated rings. The molecule has 2 aliphatic rings. The molecule has 0 aliphatic carbocycles. The van der Waals surface area contributed by atoms with Gasteiger partial charge in [-0.2, -0.15) is 0 Å². The molecule has 4 rings (SSSR count). The summed E-state index contributed by atoms with van der Waals surface area (Å²) < 4.78 is 0. The SMILES string of the molecule is C[C@@H](O)[C@H]1C(=O)N2C(C(=O)O)=C(CN(CCCNC(=O)c3ccc(O)c(O)c3)CCCNC(=O)c3ccc(O)c(O)c3)[C@H](C)[C@H]12. The van der Waals surface area contributed by atoms with E-state index in [1.54, 1.807) is 0 Å². The van der Waals surface area contributed by atoms with E-state index in [-0.39, 0.29) is 53.9 Å². The Kier molecular flexibility index (Phi) is 10.2. The second kappa shape index (κ2) is 13.9. The Morgan fingerprint density at radius 3 is 1.78 bits per heavy atom. The third-order valence-electron chi connectivity index (χ3n) is 8.26. The quantitative estimate of drug-likeness (QED) is 0.0838. The molecule has 8 N–H and O–H groups in total. The zero-order chi connectivity index (χ0) is 33.0. The Bertz CT molecular complexity index is 1440. The molecule has 0 unspecified atom stereocenters. The molecule has 0 saturated carbocycles. The highest BCUT2D eigenvalue weighted by Crippen LogP contribution is 2.47. The van der Waals surface area contributed by atoms with Crippen molar-refractivity contribution in [1.82, 2.24) is 20.4 Å². The second-order valence-electron chi connectivity index (χ2n) is 11.3. The Balaban J connectivity index is 1.41. The number of nitrogens with one attached hydrogen (secondary N) is 2. The summed E-state index contributed by atoms with van der Waals surface area (Å²) in [5, 5.41) is 64.0. The zero-order valence-corrected chi connectivity index (χ0v) is 24.9. The van der Waals surface area contributed by atoms with Gasteiger partial charge in [0.2, 0.25) is 5.91 Å². The standard InChI is InChI=1S/C31H38N4O10/c1-16-20(27(31(44)45)35-26(16)25(17(2)36)30(35)43)15-34(11-3-9-32-28(41)18-5-7-21(37)23(39)13-18)12-4-10-33-29(42)19-6-8-22(38)24(40)14-19/h5-8,13-14,16-17,25-26,36-40H,3-4,9-12,15H2,1-2H3,(H,32,41)(H,33,42)(H,44,45)/t16-,17+,25+,26+/m0/s1. The molecule has 2 aliphatic heterocycles. The van der Waals surface area contributed by atoms with Gasteiger partial charge >= 0.3 is 5.97 Å². The summed E-state index contributed by atoms with van der Waals surface area (Å²) in [6.07, 6.45) is -0.00659. The lowest BCUT2D eigenvalue weighted by atomic mass is 9.77. The van der Waals surface area contributed by atoms with Crippen molar-refractivity contribution in [2.24, 2.45) is 11.8 Å². The fourth-order valence-corrected chi connectivity index (χ4v) is 5.91. The Morgan fingerprint density at radius 1 is 0.867 bits per heavy atom. The monoisotopic (exact) mass is 626 g/mol. The van der Waals surface area contributed by atoms with Crippen LogP contribution in [-0.4, -0.2) is 109 Å². The molecule has 2 heterocycles. The maximum absolute atomic E-state index is 12.8. The van der Waals surface area contributed by atoms with Crippen molar-refractivity contribution in [2.45, 2.75) is 38.8 Å². The van der Waals surface area contributed by atoms with E-state index in [9.17, 15) is 49.8 Å². The molecule has 242 valence electrons. The number of carboxylic acid groups (broad SMARTS) is 1. The van der Waals surface area contributed by atoms with Crippen LogP contribution in [-0.2, 0) is 9.59 Å². The molecular weight excluding hydrogens is 588 g/mol. The molecule has 45 heavy (non-hydrogen) atoms. The fraction of sp³-hybridized carbons (Fsp3) is 0.419. The van der Waals surface area contributed by atoms with Gasteiger partial charge in [-0.1, -0.05) is 6.92 Å². The molecule has 4 atom stereocenters. The van der Waals surface area contributed by atoms with E-state index < -0.39 is 53.3 Å². The lowest BCUT2D eigenvalue weighted by molar-refractivity contribution is -0.163. The van der Waals surface area contributed by atoms with Crippen molar-refractivity contribution >= 4 is 23.7 Å². The topological polar surface area (TPSA) is 220 Å². The van der Waals surface area contributed by atoms with Crippen LogP contribution in [0.1, 0.15) is 47.4 Å². The van der Waals surface area contributed by atoms with Crippen molar-refractivity contribution in [3.63, 3.8) is 0 Å². The van der Waals surface area contributed by atoms with Crippen LogP contribution in [0.25, 0.3) is 0 Å². The Morgan fingerprint density at radius 2 is 1.36 bits per heavy atom. The van der Waals surface area contributed by atoms with Gasteiger partial charge in [0.05, 0.1) is 18.1 Å². The molecule has 0 aromatic heterocycles. The van der Waals surface area contributed by atoms with Crippen LogP contribution in [0.5, 0.6) is 23.0 Å². The normalized spacial score (nSPS) is 19.7. The number of aliphatic hydroxyl groups is 1. The van der Waals surface area contributed by atoms with Gasteiger partial charge in [-0.25, -0.2) is 4.79 Å². The number of β-lactam (4-membered cyclic amide) rings is 1. The highest BCUT2D eigenvalue weighted by Gasteiger charge is 2.59. The minimum absolute atomic E-state index is 0.0831. The molecular formula is C31H38N4O10. The summed E-state index contributed by atoms with van der Waals surface area (Å²) in [6, 6.07) is 7.01. The third-order valence-corrected chi connectivity index (χ3v) is 8.26. The van der Waals surface area contributed by atoms with Gasteiger partial charge in [-0.15, -0.1) is 0 Å². The summed E-state index contributed by atoms with van der Waals surface area (Å²) in [6.45, 7) is 4.88. The van der Waals surface area contributed by atoms with Crippen molar-refractivity contribution in [3.8, 4) is 23.0 Å². The van der Waals surface area contributed by atoms with Crippen LogP contribution in [0.15, 0.2) is 47.7 Å². The number of nitrogens with zero attached hydrogens (tertiary/aromatic N) is 2. The Labute approximate surface area is 259 Å². The molecule has 14 nitrogen and oxygen atoms in total. The van der Waals surface area contributed by atoms with Crippen LogP contribution in [0.4, 0.5) is 0 Å². The van der Waals surface area contributed by atoms with Crippen LogP contribution in [0.2, 0.25) is 0 Å². The highest BCUT2D eigenvalue weighted by atomic mass is 16.4. The van der Waals surface area contributed by atoms with E-state index in [2.05, 4.69) is 10.6 Å². The summed E-state index contributed by atoms with van der Waals surface area (Å²) in [7, 11) is 0. The van der Waals surface area contributed by atoms with E-state index in [4.69, 9.17) is 0 Å². The lowest BCUT2D eigenvalue weighted by Crippen LogP contribution is -2.63. The first kappa shape index (κ1) is 33.1. The summed E-state index contributed by atoms with van der Waals surface area (Å²) in [5.41, 5.74) is 0.798. The summed E-state index contributed by atoms with van der Waals surface area (Å²) in [5.74, 6) is -5.10. The van der Waals surface area contributed by atoms with Gasteiger partial charge in [-0.05, 0) is 61.7 Å². The number of amides is 3. The van der Waals surface area contributed by atoms with E-state index >= 15 is 0 Å². The molecule has 3 amide bonds. The largest absolute Gasteiger partial charge is 0.504 e. The van der Waals surface area contributed by atoms with Crippen molar-refractivity contribution in [1.29, 1.82) is 0 Å². The van der Waals surface area contributed by atoms with Crippen molar-refractivity contribution < 1.29 is 49.8 Å². The van der Waals surface area contributed by atoms with Crippen molar-refractivity contribution in [3.05, 3.63) is 58.8 Å². The maximum atomic E-state index is 12.8. The zero-order valence-electron chi connectivity index (χ0n) is 24.9. The van der Waals surface area contributed by atoms with Crippen LogP contribution >= 0.6 is 0 Å². The number of fused-ring (bicyclic) bond motifs is 1. The molecule has 14 heteroatoms. The first-order chi connectivity index (χ1) is 21.3. The predicted molar refractivity (Wildman–Crippen MR) is 160 cm³/mol. The van der Waals surface area contributed by atoms with Gasteiger partial charge in [-0.3, -0.25) is 19.3 Å². The average Bonchev–Trinajstić information content (AvgIpc) is 3.23. The minimum atomic E-state index is -1.23. The number of phenols is 4. The lowest BCUT2D eigenvalue weighted by Gasteiger charge is -2.46. The predicted octanol–water partition coefficient (Wildman–Crippen LogP) is 0.947. The summed E-state index contributed by atoms with van der Waals surface area (Å²) >= 11 is 0. The first-order valence-electron chi connectivity index (χ1n) is 14.6. The second-order valence-corrected chi connectivity index (χ2v) is 11.3. The number of hydrogen-bond acceptors (Lipinski definition) is 10. The van der Waals surface area contributed by atoms with Gasteiger partial charge < -0.3 is 46.2 Å². The molecule has 0 radical (unpaired) electrons. The number of hydrogen-bond donors (Lipinski definition) is 8. The average molecular weight is 627 g/mol. The van der Waals surface area contributed by atoms with E-state index in [1.807, 2.05) is 11.8 Å². The van der Waals surface area contributed by atoms with Gasteiger partial charge in [0, 0.05) is 49.8 Å². The maximum Gasteiger partial charge on any atom is 0.352 e. The van der Waals surface area contributed by atoms with E-state index in [0.29, 0.717) is 31.5 Å². The number of carbonyl (C=O) groups excluding carboxylic acids is 3. The van der Waals surface area contributed by atoms with Crippen LogP contribution < -0.4 is 10.6 Å². The first-order valence-corrected chi connectivity index (χ1v) is 14.6. The van der Waals surface area contributed by atoms with Gasteiger partial charge in [0.15, 0.2) is 23.0 Å². The van der Waals surface area contributed by atoms with E-state index in [0.717, 1.165) is 12.1 Å². The van der Waals surface area contributed by atoms with E-state index in [1.165, 1.54) is 36.1 Å². The molecule has 0 spiro atoms. The van der Waals surface area contributed by atoms with Gasteiger partial charge in [0.25, 0.3) is 11.8 Å². The number of carboxylic acids is 1. The highest BCUT2D eigenvalue weighted by molar-refractivity contribution is 6.00. The van der Waals surface area contributed by atoms with Crippen LogP contribution in [0, 0.1) is 11.8 Å². The summed E-state index contributed by atoms with van der Waals surface area (Å²) in [4.78, 5) is 53.3. The molecule has 1 saturated heterocycles. The Hall–Kier alpha value is -4.82. The number of rotatable bonds is 14. The number of carbonyl (C=O) groups is 4. The molecule has 2 aromatic rings. The third kappa shape index (κ3) is 7.13. The number of benzene rings is 2. The number of aromatic hydroxyl groups is 4. The number of aliphatic carboxylic acids is 1. The number of phenolic OH excluding ortho intramolecular Hbond substituents is 4. The minimum Gasteiger partial charge on any atom is -0.504 e. The molecule has 2 aromatic carbocycles. The number of aliphatic hydroxyl groups excluding tert-OH is 1. The molecule has 0 bridgehead atoms. The smallest absolute Gasteiger partial charge is 0.352 e.